The number of guanidine groups is 1. The molecule has 2 N–H and O–H groups in total. The van der Waals surface area contributed by atoms with Gasteiger partial charge in [-0.05, 0) is 38.6 Å². The summed E-state index contributed by atoms with van der Waals surface area (Å²) >= 11 is 0. The lowest BCUT2D eigenvalue weighted by Gasteiger charge is -2.30. The minimum Gasteiger partial charge on any atom is -0.489 e. The van der Waals surface area contributed by atoms with E-state index in [-0.39, 0.29) is 36.2 Å². The Balaban J connectivity index is 0.00000312. The maximum absolute atomic E-state index is 5.92. The molecule has 2 unspecified atom stereocenters. The number of hydrogen-bond donors (Lipinski definition) is 2. The number of halogens is 1. The van der Waals surface area contributed by atoms with Crippen molar-refractivity contribution in [2.45, 2.75) is 26.1 Å². The van der Waals surface area contributed by atoms with E-state index in [1.165, 1.54) is 5.56 Å². The number of ether oxygens (including phenoxy) is 2. The number of nitrogens with zero attached hydrogens (tertiary/aromatic N) is 2. The number of benzene rings is 1. The van der Waals surface area contributed by atoms with Gasteiger partial charge < -0.3 is 25.0 Å². The van der Waals surface area contributed by atoms with Crippen molar-refractivity contribution >= 4 is 29.9 Å². The van der Waals surface area contributed by atoms with Gasteiger partial charge in [-0.2, -0.15) is 0 Å². The van der Waals surface area contributed by atoms with Crippen molar-refractivity contribution in [2.24, 2.45) is 4.99 Å². The van der Waals surface area contributed by atoms with Crippen molar-refractivity contribution in [3.8, 4) is 5.75 Å². The highest BCUT2D eigenvalue weighted by Crippen LogP contribution is 2.13. The molecular weight excluding hydrogens is 431 g/mol. The SMILES string of the molecule is CN=C(NCC(C)Oc1cccc(C)c1)NCC1CN(C)CCO1.I. The standard InChI is InChI=1S/C18H30N4O2.HI/c1-14-6-5-7-16(10-14)24-15(2)11-20-18(19-3)21-12-17-13-22(4)8-9-23-17;/h5-7,10,15,17H,8-9,11-13H2,1-4H3,(H2,19,20,21);1H. The zero-order valence-electron chi connectivity index (χ0n) is 15.6. The molecular formula is C18H31IN4O2. The van der Waals surface area contributed by atoms with Crippen molar-refractivity contribution in [3.63, 3.8) is 0 Å². The second kappa shape index (κ2) is 11.5. The summed E-state index contributed by atoms with van der Waals surface area (Å²) in [6.45, 7) is 8.26. The molecule has 0 saturated carbocycles. The first-order valence-corrected chi connectivity index (χ1v) is 8.55. The van der Waals surface area contributed by atoms with Crippen LogP contribution in [0, 0.1) is 6.92 Å². The number of morpholine rings is 1. The van der Waals surface area contributed by atoms with E-state index >= 15 is 0 Å². The minimum atomic E-state index is 0. The van der Waals surface area contributed by atoms with Gasteiger partial charge in [0, 0.05) is 26.7 Å². The molecule has 0 spiro atoms. The van der Waals surface area contributed by atoms with Crippen LogP contribution in [0.25, 0.3) is 0 Å². The third-order valence-electron chi connectivity index (χ3n) is 3.95. The van der Waals surface area contributed by atoms with Crippen LogP contribution < -0.4 is 15.4 Å². The molecule has 142 valence electrons. The normalized spacial score (nSPS) is 19.7. The summed E-state index contributed by atoms with van der Waals surface area (Å²) in [5.41, 5.74) is 1.20. The summed E-state index contributed by atoms with van der Waals surface area (Å²) < 4.78 is 11.7. The Morgan fingerprint density at radius 2 is 2.24 bits per heavy atom. The zero-order chi connectivity index (χ0) is 17.4. The van der Waals surface area contributed by atoms with Crippen LogP contribution in [0.4, 0.5) is 0 Å². The van der Waals surface area contributed by atoms with E-state index in [1.54, 1.807) is 7.05 Å². The number of hydrogen-bond acceptors (Lipinski definition) is 4. The average molecular weight is 462 g/mol. The summed E-state index contributed by atoms with van der Waals surface area (Å²) in [5.74, 6) is 1.66. The topological polar surface area (TPSA) is 58.1 Å². The molecule has 1 aromatic carbocycles. The highest BCUT2D eigenvalue weighted by molar-refractivity contribution is 14.0. The van der Waals surface area contributed by atoms with Gasteiger partial charge in [0.2, 0.25) is 0 Å². The lowest BCUT2D eigenvalue weighted by atomic mass is 10.2. The molecule has 25 heavy (non-hydrogen) atoms. The van der Waals surface area contributed by atoms with Crippen molar-refractivity contribution in [2.75, 3.05) is 46.9 Å². The first-order valence-electron chi connectivity index (χ1n) is 8.55. The monoisotopic (exact) mass is 462 g/mol. The summed E-state index contributed by atoms with van der Waals surface area (Å²) in [6, 6.07) is 8.09. The summed E-state index contributed by atoms with van der Waals surface area (Å²) in [6.07, 6.45) is 0.241. The Labute approximate surface area is 168 Å². The van der Waals surface area contributed by atoms with Crippen molar-refractivity contribution in [1.82, 2.24) is 15.5 Å². The predicted octanol–water partition coefficient (Wildman–Crippen LogP) is 1.88. The number of rotatable bonds is 6. The van der Waals surface area contributed by atoms with Gasteiger partial charge in [-0.3, -0.25) is 4.99 Å². The van der Waals surface area contributed by atoms with Crippen LogP contribution in [-0.4, -0.2) is 69.9 Å². The maximum Gasteiger partial charge on any atom is 0.191 e. The van der Waals surface area contributed by atoms with E-state index in [2.05, 4.69) is 40.6 Å². The van der Waals surface area contributed by atoms with E-state index in [1.807, 2.05) is 25.1 Å². The molecule has 2 rings (SSSR count). The van der Waals surface area contributed by atoms with Crippen LogP contribution in [0.1, 0.15) is 12.5 Å². The summed E-state index contributed by atoms with van der Waals surface area (Å²) in [5, 5.41) is 6.62. The molecule has 0 bridgehead atoms. The van der Waals surface area contributed by atoms with Gasteiger partial charge in [0.1, 0.15) is 11.9 Å². The van der Waals surface area contributed by atoms with E-state index in [4.69, 9.17) is 9.47 Å². The zero-order valence-corrected chi connectivity index (χ0v) is 17.9. The first kappa shape index (κ1) is 22.0. The second-order valence-corrected chi connectivity index (χ2v) is 6.33. The second-order valence-electron chi connectivity index (χ2n) is 6.33. The fourth-order valence-electron chi connectivity index (χ4n) is 2.62. The molecule has 1 aliphatic heterocycles. The van der Waals surface area contributed by atoms with E-state index in [0.717, 1.165) is 38.0 Å². The summed E-state index contributed by atoms with van der Waals surface area (Å²) in [4.78, 5) is 6.54. The molecule has 0 amide bonds. The number of nitrogens with one attached hydrogen (secondary N) is 2. The van der Waals surface area contributed by atoms with Crippen LogP contribution in [0.5, 0.6) is 5.75 Å². The Kier molecular flexibility index (Phi) is 10.1. The van der Waals surface area contributed by atoms with Gasteiger partial charge in [-0.1, -0.05) is 12.1 Å². The Hall–Kier alpha value is -1.06. The van der Waals surface area contributed by atoms with Crippen molar-refractivity contribution in [3.05, 3.63) is 29.8 Å². The molecule has 2 atom stereocenters. The molecule has 7 heteroatoms. The largest absolute Gasteiger partial charge is 0.489 e. The molecule has 1 aromatic rings. The molecule has 1 saturated heterocycles. The maximum atomic E-state index is 5.92. The van der Waals surface area contributed by atoms with Gasteiger partial charge in [0.15, 0.2) is 5.96 Å². The third-order valence-corrected chi connectivity index (χ3v) is 3.95. The van der Waals surface area contributed by atoms with Crippen LogP contribution in [0.2, 0.25) is 0 Å². The quantitative estimate of drug-likeness (QED) is 0.384. The predicted molar refractivity (Wildman–Crippen MR) is 113 cm³/mol. The highest BCUT2D eigenvalue weighted by atomic mass is 127. The van der Waals surface area contributed by atoms with Crippen molar-refractivity contribution < 1.29 is 9.47 Å². The Morgan fingerprint density at radius 1 is 1.44 bits per heavy atom. The van der Waals surface area contributed by atoms with Crippen LogP contribution in [-0.2, 0) is 4.74 Å². The molecule has 1 fully saturated rings. The Bertz CT molecular complexity index is 542. The fourth-order valence-corrected chi connectivity index (χ4v) is 2.62. The molecule has 1 aliphatic rings. The smallest absolute Gasteiger partial charge is 0.191 e. The lowest BCUT2D eigenvalue weighted by Crippen LogP contribution is -2.49. The van der Waals surface area contributed by atoms with Gasteiger partial charge >= 0.3 is 0 Å². The Morgan fingerprint density at radius 3 is 2.92 bits per heavy atom. The fraction of sp³-hybridized carbons (Fsp3) is 0.611. The van der Waals surface area contributed by atoms with E-state index in [0.29, 0.717) is 6.54 Å². The number of aryl methyl sites for hydroxylation is 1. The van der Waals surface area contributed by atoms with Crippen LogP contribution in [0.15, 0.2) is 29.3 Å². The van der Waals surface area contributed by atoms with Gasteiger partial charge in [-0.15, -0.1) is 24.0 Å². The van der Waals surface area contributed by atoms with Gasteiger partial charge in [0.25, 0.3) is 0 Å². The summed E-state index contributed by atoms with van der Waals surface area (Å²) in [7, 11) is 3.89. The van der Waals surface area contributed by atoms with Crippen LogP contribution >= 0.6 is 24.0 Å². The van der Waals surface area contributed by atoms with Crippen LogP contribution in [0.3, 0.4) is 0 Å². The molecule has 0 radical (unpaired) electrons. The number of likely N-dealkylation sites (N-methyl/N-ethyl adjacent to an activating group) is 1. The van der Waals surface area contributed by atoms with E-state index < -0.39 is 0 Å². The minimum absolute atomic E-state index is 0. The van der Waals surface area contributed by atoms with Gasteiger partial charge in [-0.25, -0.2) is 0 Å². The average Bonchev–Trinajstić information content (AvgIpc) is 2.55. The van der Waals surface area contributed by atoms with Crippen molar-refractivity contribution in [1.29, 1.82) is 0 Å². The third kappa shape index (κ3) is 8.24. The van der Waals surface area contributed by atoms with E-state index in [9.17, 15) is 0 Å². The number of aliphatic imine (C=N–C) groups is 1. The lowest BCUT2D eigenvalue weighted by molar-refractivity contribution is -0.0161. The molecule has 1 heterocycles. The first-order chi connectivity index (χ1) is 11.6. The molecule has 0 aromatic heterocycles. The molecule has 6 nitrogen and oxygen atoms in total. The molecule has 0 aliphatic carbocycles. The van der Waals surface area contributed by atoms with Gasteiger partial charge in [0.05, 0.1) is 19.3 Å². The highest BCUT2D eigenvalue weighted by Gasteiger charge is 2.17.